The minimum Gasteiger partial charge on any atom is -0.374 e. The van der Waals surface area contributed by atoms with Gasteiger partial charge < -0.3 is 10.5 Å². The third-order valence-electron chi connectivity index (χ3n) is 2.82. The lowest BCUT2D eigenvalue weighted by Crippen LogP contribution is -2.35. The Hall–Kier alpha value is -0.860. The van der Waals surface area contributed by atoms with Gasteiger partial charge in [-0.3, -0.25) is 0 Å². The average Bonchev–Trinajstić information content (AvgIpc) is 2.16. The first-order chi connectivity index (χ1) is 7.26. The first-order valence-corrected chi connectivity index (χ1v) is 5.69. The molecular weight excluding hydrogens is 198 g/mol. The number of hydrogen-bond donors (Lipinski definition) is 1. The predicted octanol–water partition coefficient (Wildman–Crippen LogP) is 2.85. The molecule has 1 aromatic carbocycles. The Labute approximate surface area is 98.8 Å². The van der Waals surface area contributed by atoms with Crippen molar-refractivity contribution in [3.05, 3.63) is 35.4 Å². The van der Waals surface area contributed by atoms with Crippen LogP contribution < -0.4 is 5.73 Å². The zero-order valence-corrected chi connectivity index (χ0v) is 11.0. The topological polar surface area (TPSA) is 35.2 Å². The summed E-state index contributed by atoms with van der Waals surface area (Å²) in [6, 6.07) is 8.34. The van der Waals surface area contributed by atoms with Crippen molar-refractivity contribution >= 4 is 0 Å². The van der Waals surface area contributed by atoms with Crippen LogP contribution in [0.1, 0.15) is 38.8 Å². The fourth-order valence-electron chi connectivity index (χ4n) is 1.86. The van der Waals surface area contributed by atoms with Crippen LogP contribution in [0.15, 0.2) is 24.3 Å². The monoisotopic (exact) mass is 221 g/mol. The molecule has 90 valence electrons. The van der Waals surface area contributed by atoms with E-state index >= 15 is 0 Å². The minimum absolute atomic E-state index is 0.195. The second kappa shape index (κ2) is 4.56. The van der Waals surface area contributed by atoms with Gasteiger partial charge in [-0.25, -0.2) is 0 Å². The maximum Gasteiger partial charge on any atom is 0.0874 e. The molecule has 0 fully saturated rings. The van der Waals surface area contributed by atoms with E-state index in [0.29, 0.717) is 0 Å². The number of rotatable bonds is 4. The number of benzene rings is 1. The summed E-state index contributed by atoms with van der Waals surface area (Å²) in [7, 11) is 1.74. The molecule has 0 saturated heterocycles. The van der Waals surface area contributed by atoms with E-state index in [1.165, 1.54) is 11.1 Å². The molecule has 0 spiro atoms. The quantitative estimate of drug-likeness (QED) is 0.848. The van der Waals surface area contributed by atoms with Crippen LogP contribution in [0, 0.1) is 0 Å². The van der Waals surface area contributed by atoms with Crippen LogP contribution in [0.5, 0.6) is 0 Å². The van der Waals surface area contributed by atoms with Crippen molar-refractivity contribution in [1.29, 1.82) is 0 Å². The van der Waals surface area contributed by atoms with Crippen molar-refractivity contribution in [3.8, 4) is 0 Å². The van der Waals surface area contributed by atoms with Gasteiger partial charge in [-0.15, -0.1) is 0 Å². The van der Waals surface area contributed by atoms with Crippen molar-refractivity contribution in [1.82, 2.24) is 0 Å². The molecule has 0 unspecified atom stereocenters. The first kappa shape index (κ1) is 13.2. The van der Waals surface area contributed by atoms with E-state index in [0.717, 1.165) is 6.42 Å². The van der Waals surface area contributed by atoms with Gasteiger partial charge in [0.15, 0.2) is 0 Å². The van der Waals surface area contributed by atoms with Crippen molar-refractivity contribution in [2.24, 2.45) is 5.73 Å². The van der Waals surface area contributed by atoms with Crippen LogP contribution >= 0.6 is 0 Å². The average molecular weight is 221 g/mol. The molecule has 1 aromatic rings. The van der Waals surface area contributed by atoms with E-state index in [2.05, 4.69) is 32.0 Å². The van der Waals surface area contributed by atoms with E-state index in [9.17, 15) is 0 Å². The highest BCUT2D eigenvalue weighted by atomic mass is 16.5. The van der Waals surface area contributed by atoms with Crippen LogP contribution in [-0.4, -0.2) is 12.6 Å². The Bertz CT molecular complexity index is 350. The van der Waals surface area contributed by atoms with Crippen molar-refractivity contribution in [2.45, 2.75) is 45.3 Å². The summed E-state index contributed by atoms with van der Waals surface area (Å²) in [4.78, 5) is 0. The fourth-order valence-corrected chi connectivity index (χ4v) is 1.86. The van der Waals surface area contributed by atoms with Crippen LogP contribution in [-0.2, 0) is 16.8 Å². The zero-order chi connectivity index (χ0) is 12.4. The predicted molar refractivity (Wildman–Crippen MR) is 68.4 cm³/mol. The van der Waals surface area contributed by atoms with E-state index in [-0.39, 0.29) is 11.1 Å². The van der Waals surface area contributed by atoms with E-state index in [1.54, 1.807) is 7.11 Å². The van der Waals surface area contributed by atoms with Gasteiger partial charge >= 0.3 is 0 Å². The van der Waals surface area contributed by atoms with Crippen LogP contribution in [0.2, 0.25) is 0 Å². The highest BCUT2D eigenvalue weighted by molar-refractivity contribution is 5.33. The smallest absolute Gasteiger partial charge is 0.0874 e. The number of hydrogen-bond acceptors (Lipinski definition) is 2. The van der Waals surface area contributed by atoms with Crippen molar-refractivity contribution in [2.75, 3.05) is 7.11 Å². The molecule has 0 amide bonds. The molecule has 0 aliphatic carbocycles. The molecule has 16 heavy (non-hydrogen) atoms. The highest BCUT2D eigenvalue weighted by Gasteiger charge is 2.24. The molecule has 0 radical (unpaired) electrons. The Morgan fingerprint density at radius 1 is 1.12 bits per heavy atom. The number of nitrogens with two attached hydrogens (primary N) is 1. The normalized spacial score (nSPS) is 12.9. The molecule has 1 rings (SSSR count). The van der Waals surface area contributed by atoms with Gasteiger partial charge in [0.2, 0.25) is 0 Å². The fraction of sp³-hybridized carbons (Fsp3) is 0.571. The second-order valence-corrected chi connectivity index (χ2v) is 5.54. The maximum absolute atomic E-state index is 6.08. The molecule has 0 aliphatic rings. The molecule has 0 atom stereocenters. The zero-order valence-electron chi connectivity index (χ0n) is 11.0. The third kappa shape index (κ3) is 3.32. The molecule has 2 nitrogen and oxygen atoms in total. The summed E-state index contributed by atoms with van der Waals surface area (Å²) in [5.74, 6) is 0. The molecule has 2 N–H and O–H groups in total. The van der Waals surface area contributed by atoms with Crippen molar-refractivity contribution < 1.29 is 4.74 Å². The molecule has 2 heteroatoms. The second-order valence-electron chi connectivity index (χ2n) is 5.54. The first-order valence-electron chi connectivity index (χ1n) is 5.69. The van der Waals surface area contributed by atoms with Gasteiger partial charge in [-0.1, -0.05) is 24.3 Å². The Morgan fingerprint density at radius 3 is 2.19 bits per heavy atom. The number of methoxy groups -OCH3 is 1. The van der Waals surface area contributed by atoms with Crippen LogP contribution in [0.3, 0.4) is 0 Å². The van der Waals surface area contributed by atoms with Crippen LogP contribution in [0.4, 0.5) is 0 Å². The molecule has 0 bridgehead atoms. The molecule has 0 aliphatic heterocycles. The standard InChI is InChI=1S/C14H23NO/c1-13(2,15)10-11-8-6-7-9-12(11)14(3,4)16-5/h6-9H,10,15H2,1-5H3. The molecule has 0 aromatic heterocycles. The largest absolute Gasteiger partial charge is 0.374 e. The maximum atomic E-state index is 6.08. The summed E-state index contributed by atoms with van der Waals surface area (Å²) in [6.45, 7) is 8.25. The van der Waals surface area contributed by atoms with Gasteiger partial charge in [0.05, 0.1) is 5.60 Å². The summed E-state index contributed by atoms with van der Waals surface area (Å²) in [6.07, 6.45) is 0.857. The summed E-state index contributed by atoms with van der Waals surface area (Å²) >= 11 is 0. The van der Waals surface area contributed by atoms with Gasteiger partial charge in [-0.2, -0.15) is 0 Å². The summed E-state index contributed by atoms with van der Waals surface area (Å²) in [5, 5.41) is 0. The minimum atomic E-state index is -0.262. The third-order valence-corrected chi connectivity index (χ3v) is 2.82. The number of ether oxygens (including phenoxy) is 1. The molecular formula is C14H23NO. The van der Waals surface area contributed by atoms with Crippen molar-refractivity contribution in [3.63, 3.8) is 0 Å². The lowest BCUT2D eigenvalue weighted by molar-refractivity contribution is 0.0183. The Balaban J connectivity index is 3.11. The van der Waals surface area contributed by atoms with Gasteiger partial charge in [-0.05, 0) is 45.2 Å². The van der Waals surface area contributed by atoms with Gasteiger partial charge in [0, 0.05) is 12.6 Å². The molecule has 0 saturated carbocycles. The lowest BCUT2D eigenvalue weighted by atomic mass is 9.86. The summed E-state index contributed by atoms with van der Waals surface area (Å²) in [5.41, 5.74) is 8.11. The van der Waals surface area contributed by atoms with Gasteiger partial charge in [0.1, 0.15) is 0 Å². The van der Waals surface area contributed by atoms with Crippen LogP contribution in [0.25, 0.3) is 0 Å². The summed E-state index contributed by atoms with van der Waals surface area (Å²) < 4.78 is 5.54. The Morgan fingerprint density at radius 2 is 1.69 bits per heavy atom. The molecule has 0 heterocycles. The Kier molecular flexibility index (Phi) is 3.76. The SMILES string of the molecule is COC(C)(C)c1ccccc1CC(C)(C)N. The van der Waals surface area contributed by atoms with Gasteiger partial charge in [0.25, 0.3) is 0 Å². The lowest BCUT2D eigenvalue weighted by Gasteiger charge is -2.28. The van der Waals surface area contributed by atoms with E-state index < -0.39 is 0 Å². The highest BCUT2D eigenvalue weighted by Crippen LogP contribution is 2.28. The van der Waals surface area contributed by atoms with E-state index in [4.69, 9.17) is 10.5 Å². The van der Waals surface area contributed by atoms with E-state index in [1.807, 2.05) is 19.9 Å².